The molecule has 6 heteroatoms. The second-order valence-corrected chi connectivity index (χ2v) is 3.27. The monoisotopic (exact) mass is 198 g/mol. The number of nitrogens with two attached hydrogens (primary N) is 2. The number of nitrogens with zero attached hydrogens (tertiary/aromatic N) is 1. The van der Waals surface area contributed by atoms with E-state index in [4.69, 9.17) is 23.7 Å². The Morgan fingerprint density at radius 1 is 1.33 bits per heavy atom. The van der Waals surface area contributed by atoms with E-state index in [1.165, 1.54) is 0 Å². The van der Waals surface area contributed by atoms with Gasteiger partial charge in [-0.25, -0.2) is 4.99 Å². The Bertz CT molecular complexity index is 404. The molecule has 4 nitrogen and oxygen atoms in total. The zero-order valence-electron chi connectivity index (χ0n) is 5.96. The average molecular weight is 198 g/mol. The van der Waals surface area contributed by atoms with Gasteiger partial charge in [-0.05, 0) is 0 Å². The highest BCUT2D eigenvalue weighted by atomic mass is 32.1. The number of aromatic amines is 1. The number of nitrogen functional groups attached to an aromatic ring is 1. The van der Waals surface area contributed by atoms with Crippen LogP contribution in [0.15, 0.2) is 10.0 Å². The van der Waals surface area contributed by atoms with Crippen molar-refractivity contribution >= 4 is 41.5 Å². The van der Waals surface area contributed by atoms with E-state index in [1.807, 2.05) is 0 Å². The summed E-state index contributed by atoms with van der Waals surface area (Å²) >= 11 is 9.10. The van der Waals surface area contributed by atoms with Gasteiger partial charge in [0.2, 0.25) is 0 Å². The first-order chi connectivity index (χ1) is 5.61. The summed E-state index contributed by atoms with van der Waals surface area (Å²) in [5.74, 6) is 0.858. The van der Waals surface area contributed by atoms with Gasteiger partial charge in [0, 0.05) is 0 Å². The van der Waals surface area contributed by atoms with E-state index in [9.17, 15) is 0 Å². The van der Waals surface area contributed by atoms with Crippen LogP contribution in [0.4, 0.5) is 5.82 Å². The fourth-order valence-electron chi connectivity index (χ4n) is 1.20. The van der Waals surface area contributed by atoms with Crippen LogP contribution in [-0.4, -0.2) is 15.8 Å². The van der Waals surface area contributed by atoms with Gasteiger partial charge in [-0.2, -0.15) is 0 Å². The predicted octanol–water partition coefficient (Wildman–Crippen LogP) is 0.280. The molecular formula is C6H6N4S2. The predicted molar refractivity (Wildman–Crippen MR) is 54.9 cm³/mol. The first-order valence-corrected chi connectivity index (χ1v) is 4.06. The first-order valence-electron chi connectivity index (χ1n) is 3.20. The van der Waals surface area contributed by atoms with Gasteiger partial charge < -0.3 is 16.5 Å². The van der Waals surface area contributed by atoms with Gasteiger partial charge in [0.15, 0.2) is 0 Å². The highest BCUT2D eigenvalue weighted by Gasteiger charge is 2.25. The minimum atomic E-state index is 0.382. The quantitative estimate of drug-likeness (QED) is 0.357. The third-order valence-corrected chi connectivity index (χ3v) is 2.33. The van der Waals surface area contributed by atoms with Crippen LogP contribution in [0.2, 0.25) is 0 Å². The van der Waals surface area contributed by atoms with Crippen LogP contribution >= 0.6 is 24.8 Å². The lowest BCUT2D eigenvalue weighted by molar-refractivity contribution is 1.21. The number of hydrogen-bond donors (Lipinski definition) is 4. The molecule has 1 aliphatic heterocycles. The zero-order chi connectivity index (χ0) is 8.88. The summed E-state index contributed by atoms with van der Waals surface area (Å²) < 4.78 is 0. The summed E-state index contributed by atoms with van der Waals surface area (Å²) in [6.45, 7) is 0. The number of thiol groups is 1. The van der Waals surface area contributed by atoms with Crippen molar-refractivity contribution in [2.75, 3.05) is 5.73 Å². The molecule has 0 radical (unpaired) electrons. The molecule has 1 aromatic heterocycles. The van der Waals surface area contributed by atoms with Crippen molar-refractivity contribution in [3.8, 4) is 0 Å². The van der Waals surface area contributed by atoms with Crippen molar-refractivity contribution in [3.05, 3.63) is 11.1 Å². The lowest BCUT2D eigenvalue weighted by Crippen LogP contribution is -2.10. The number of aliphatic imine (C=N–C) groups is 1. The maximum atomic E-state index is 5.62. The molecule has 0 spiro atoms. The molecule has 1 aromatic rings. The van der Waals surface area contributed by atoms with Crippen molar-refractivity contribution < 1.29 is 0 Å². The molecule has 0 aliphatic carbocycles. The van der Waals surface area contributed by atoms with Gasteiger partial charge in [0.05, 0.1) is 16.2 Å². The fraction of sp³-hybridized carbons (Fsp3) is 0. The Morgan fingerprint density at radius 2 is 2.00 bits per heavy atom. The van der Waals surface area contributed by atoms with E-state index < -0.39 is 0 Å². The molecule has 12 heavy (non-hydrogen) atoms. The molecule has 0 aromatic carbocycles. The first kappa shape index (κ1) is 7.63. The average Bonchev–Trinajstić information content (AvgIpc) is 2.38. The fourth-order valence-corrected chi connectivity index (χ4v) is 1.86. The van der Waals surface area contributed by atoms with Gasteiger partial charge in [-0.1, -0.05) is 12.2 Å². The number of thiocarbonyl (C=S) groups is 1. The number of H-pyrrole nitrogens is 1. The van der Waals surface area contributed by atoms with E-state index in [0.717, 1.165) is 5.56 Å². The topological polar surface area (TPSA) is 80.2 Å². The summed E-state index contributed by atoms with van der Waals surface area (Å²) in [4.78, 5) is 7.18. The minimum Gasteiger partial charge on any atom is -0.385 e. The van der Waals surface area contributed by atoms with Crippen molar-refractivity contribution in [3.63, 3.8) is 0 Å². The van der Waals surface area contributed by atoms with Gasteiger partial charge in [0.1, 0.15) is 16.6 Å². The van der Waals surface area contributed by atoms with E-state index in [-0.39, 0.29) is 0 Å². The molecule has 1 aliphatic rings. The number of amidine groups is 1. The number of nitrogens with one attached hydrogen (secondary N) is 1. The lowest BCUT2D eigenvalue weighted by atomic mass is 10.2. The highest BCUT2D eigenvalue weighted by molar-refractivity contribution is 7.81. The van der Waals surface area contributed by atoms with Gasteiger partial charge >= 0.3 is 0 Å². The van der Waals surface area contributed by atoms with Gasteiger partial charge in [-0.3, -0.25) is 0 Å². The molecule has 0 saturated carbocycles. The molecule has 0 fully saturated rings. The number of fused-ring (bicyclic) bond motifs is 1. The third-order valence-electron chi connectivity index (χ3n) is 1.70. The van der Waals surface area contributed by atoms with E-state index in [2.05, 4.69) is 22.6 Å². The van der Waals surface area contributed by atoms with Gasteiger partial charge in [0.25, 0.3) is 0 Å². The molecule has 0 amide bonds. The SMILES string of the molecule is NC1=NC(=S)c2c(N)[nH]c(S)c21. The second kappa shape index (κ2) is 2.24. The Labute approximate surface area is 79.5 Å². The maximum Gasteiger partial charge on any atom is 0.140 e. The summed E-state index contributed by atoms with van der Waals surface area (Å²) in [7, 11) is 0. The number of hydrogen-bond acceptors (Lipinski definition) is 4. The van der Waals surface area contributed by atoms with Crippen LogP contribution in [0.5, 0.6) is 0 Å². The lowest BCUT2D eigenvalue weighted by Gasteiger charge is -1.89. The van der Waals surface area contributed by atoms with Crippen molar-refractivity contribution in [2.45, 2.75) is 5.03 Å². The Hall–Kier alpha value is -1.01. The molecule has 0 unspecified atom stereocenters. The molecule has 62 valence electrons. The Morgan fingerprint density at radius 3 is 2.58 bits per heavy atom. The van der Waals surface area contributed by atoms with Crippen molar-refractivity contribution in [1.82, 2.24) is 4.98 Å². The van der Waals surface area contributed by atoms with Crippen molar-refractivity contribution in [2.24, 2.45) is 10.7 Å². The van der Waals surface area contributed by atoms with E-state index in [1.54, 1.807) is 0 Å². The minimum absolute atomic E-state index is 0.382. The van der Waals surface area contributed by atoms with E-state index in [0.29, 0.717) is 27.2 Å². The van der Waals surface area contributed by atoms with Crippen LogP contribution in [0.1, 0.15) is 11.1 Å². The number of rotatable bonds is 0. The zero-order valence-corrected chi connectivity index (χ0v) is 7.67. The largest absolute Gasteiger partial charge is 0.385 e. The molecule has 0 atom stereocenters. The molecule has 2 rings (SSSR count). The summed E-state index contributed by atoms with van der Waals surface area (Å²) in [5.41, 5.74) is 12.6. The number of aromatic nitrogens is 1. The number of anilines is 1. The maximum absolute atomic E-state index is 5.62. The smallest absolute Gasteiger partial charge is 0.140 e. The van der Waals surface area contributed by atoms with Crippen LogP contribution in [0, 0.1) is 0 Å². The Kier molecular flexibility index (Phi) is 1.42. The summed E-state index contributed by atoms with van der Waals surface area (Å²) in [5, 5.41) is 0.614. The normalized spacial score (nSPS) is 14.8. The van der Waals surface area contributed by atoms with Gasteiger partial charge in [-0.15, -0.1) is 12.6 Å². The standard InChI is InChI=1S/C6H6N4S2/c7-3-1-2(6(12)9-3)4(8)10-5(1)11/h9,12H,7H2,(H2,8,10,11). The van der Waals surface area contributed by atoms with Crippen LogP contribution < -0.4 is 11.5 Å². The summed E-state index contributed by atoms with van der Waals surface area (Å²) in [6, 6.07) is 0. The molecule has 2 heterocycles. The van der Waals surface area contributed by atoms with Crippen LogP contribution in [0.25, 0.3) is 0 Å². The van der Waals surface area contributed by atoms with Crippen molar-refractivity contribution in [1.29, 1.82) is 0 Å². The molecule has 5 N–H and O–H groups in total. The summed E-state index contributed by atoms with van der Waals surface area (Å²) in [6.07, 6.45) is 0. The Balaban J connectivity index is 2.79. The van der Waals surface area contributed by atoms with E-state index >= 15 is 0 Å². The third kappa shape index (κ3) is 0.788. The highest BCUT2D eigenvalue weighted by Crippen LogP contribution is 2.28. The van der Waals surface area contributed by atoms with Crippen LogP contribution in [0.3, 0.4) is 0 Å². The van der Waals surface area contributed by atoms with Crippen LogP contribution in [-0.2, 0) is 0 Å². The molecule has 0 bridgehead atoms. The molecular weight excluding hydrogens is 192 g/mol. The molecule has 0 saturated heterocycles. The second-order valence-electron chi connectivity index (χ2n) is 2.44.